The largest absolute Gasteiger partial charge is 0.394 e. The van der Waals surface area contributed by atoms with E-state index in [0.29, 0.717) is 0 Å². The number of hydrogen-bond acceptors (Lipinski definition) is 4. The maximum Gasteiger partial charge on any atom is 0.155 e. The second-order valence-electron chi connectivity index (χ2n) is 5.03. The van der Waals surface area contributed by atoms with Gasteiger partial charge in [0.25, 0.3) is 0 Å². The van der Waals surface area contributed by atoms with E-state index in [4.69, 9.17) is 5.73 Å². The van der Waals surface area contributed by atoms with Crippen molar-refractivity contribution in [2.45, 2.75) is 30.6 Å². The Morgan fingerprint density at radius 1 is 1.33 bits per heavy atom. The van der Waals surface area contributed by atoms with Gasteiger partial charge >= 0.3 is 0 Å². The van der Waals surface area contributed by atoms with Gasteiger partial charge in [-0.05, 0) is 12.5 Å². The monoisotopic (exact) mass is 269 g/mol. The smallest absolute Gasteiger partial charge is 0.155 e. The Hall–Kier alpha value is -0.910. The number of aliphatic hydroxyl groups is 1. The summed E-state index contributed by atoms with van der Waals surface area (Å²) in [5, 5.41) is 8.73. The highest BCUT2D eigenvalue weighted by atomic mass is 32.2. The van der Waals surface area contributed by atoms with Crippen LogP contribution in [0.15, 0.2) is 24.3 Å². The van der Waals surface area contributed by atoms with Crippen LogP contribution in [-0.2, 0) is 9.84 Å². The fourth-order valence-electron chi connectivity index (χ4n) is 2.59. The Kier molecular flexibility index (Phi) is 3.25. The molecular weight excluding hydrogens is 250 g/mol. The van der Waals surface area contributed by atoms with Gasteiger partial charge in [-0.2, -0.15) is 0 Å². The Bertz CT molecular complexity index is 538. The standard InChI is InChI=1S/C13H19NO3S/c1-3-18(16,17)12-11(13(12,14)8-15)10-6-4-9(2)5-7-10/h4-7,11-12,15H,3,8,14H2,1-2H3/t11-,12-,13-/m0/s1. The van der Waals surface area contributed by atoms with E-state index < -0.39 is 20.6 Å². The Morgan fingerprint density at radius 2 is 1.89 bits per heavy atom. The highest BCUT2D eigenvalue weighted by molar-refractivity contribution is 7.92. The Labute approximate surface area is 108 Å². The molecular formula is C13H19NO3S. The average molecular weight is 269 g/mol. The van der Waals surface area contributed by atoms with Crippen LogP contribution in [0.3, 0.4) is 0 Å². The summed E-state index contributed by atoms with van der Waals surface area (Å²) in [4.78, 5) is 0. The third-order valence-corrected chi connectivity index (χ3v) is 6.09. The van der Waals surface area contributed by atoms with Crippen LogP contribution >= 0.6 is 0 Å². The van der Waals surface area contributed by atoms with Crippen molar-refractivity contribution in [1.82, 2.24) is 0 Å². The maximum atomic E-state index is 12.0. The summed E-state index contributed by atoms with van der Waals surface area (Å²) in [6.45, 7) is 3.27. The van der Waals surface area contributed by atoms with E-state index in [0.717, 1.165) is 11.1 Å². The first-order valence-electron chi connectivity index (χ1n) is 6.04. The molecule has 0 radical (unpaired) electrons. The van der Waals surface area contributed by atoms with Crippen LogP contribution in [0.5, 0.6) is 0 Å². The third-order valence-electron chi connectivity index (χ3n) is 3.80. The summed E-state index contributed by atoms with van der Waals surface area (Å²) in [7, 11) is -3.24. The normalized spacial score (nSPS) is 31.3. The summed E-state index contributed by atoms with van der Waals surface area (Å²) in [5.41, 5.74) is 7.01. The average Bonchev–Trinajstić information content (AvgIpc) is 2.98. The van der Waals surface area contributed by atoms with Crippen LogP contribution in [0.2, 0.25) is 0 Å². The van der Waals surface area contributed by atoms with Crippen LogP contribution < -0.4 is 5.73 Å². The third kappa shape index (κ3) is 1.96. The summed E-state index contributed by atoms with van der Waals surface area (Å²) in [6.07, 6.45) is 0. The van der Waals surface area contributed by atoms with E-state index in [1.807, 2.05) is 31.2 Å². The fraction of sp³-hybridized carbons (Fsp3) is 0.538. The molecule has 0 heterocycles. The number of rotatable bonds is 4. The second kappa shape index (κ2) is 4.33. The van der Waals surface area contributed by atoms with Crippen molar-refractivity contribution in [2.24, 2.45) is 5.73 Å². The molecule has 3 N–H and O–H groups in total. The maximum absolute atomic E-state index is 12.0. The summed E-state index contributed by atoms with van der Waals surface area (Å²) in [6, 6.07) is 7.65. The minimum atomic E-state index is -3.24. The lowest BCUT2D eigenvalue weighted by molar-refractivity contribution is 0.253. The minimum absolute atomic E-state index is 0.0545. The molecule has 1 aliphatic rings. The quantitative estimate of drug-likeness (QED) is 0.838. The van der Waals surface area contributed by atoms with Crippen molar-refractivity contribution in [3.63, 3.8) is 0 Å². The molecule has 4 nitrogen and oxygen atoms in total. The molecule has 5 heteroatoms. The highest BCUT2D eigenvalue weighted by Crippen LogP contribution is 2.53. The molecule has 1 aromatic carbocycles. The Morgan fingerprint density at radius 3 is 2.33 bits per heavy atom. The molecule has 0 saturated heterocycles. The Balaban J connectivity index is 2.37. The van der Waals surface area contributed by atoms with Gasteiger partial charge in [0.2, 0.25) is 0 Å². The molecule has 1 aliphatic carbocycles. The molecule has 1 fully saturated rings. The lowest BCUT2D eigenvalue weighted by atomic mass is 10.1. The molecule has 0 amide bonds. The number of aliphatic hydroxyl groups excluding tert-OH is 1. The summed E-state index contributed by atoms with van der Waals surface area (Å²) < 4.78 is 24.0. The summed E-state index contributed by atoms with van der Waals surface area (Å²) >= 11 is 0. The number of sulfone groups is 1. The lowest BCUT2D eigenvalue weighted by Gasteiger charge is -2.07. The van der Waals surface area contributed by atoms with Gasteiger partial charge in [-0.1, -0.05) is 36.8 Å². The van der Waals surface area contributed by atoms with E-state index in [9.17, 15) is 13.5 Å². The molecule has 0 unspecified atom stereocenters. The topological polar surface area (TPSA) is 80.4 Å². The lowest BCUT2D eigenvalue weighted by Crippen LogP contribution is -2.35. The van der Waals surface area contributed by atoms with Crippen molar-refractivity contribution in [3.05, 3.63) is 35.4 Å². The van der Waals surface area contributed by atoms with Crippen molar-refractivity contribution in [1.29, 1.82) is 0 Å². The summed E-state index contributed by atoms with van der Waals surface area (Å²) in [5.74, 6) is -0.244. The van der Waals surface area contributed by atoms with Gasteiger partial charge < -0.3 is 10.8 Å². The van der Waals surface area contributed by atoms with Crippen LogP contribution in [0, 0.1) is 6.92 Å². The van der Waals surface area contributed by atoms with Gasteiger partial charge in [-0.25, -0.2) is 8.42 Å². The van der Waals surface area contributed by atoms with Crippen LogP contribution in [0.25, 0.3) is 0 Å². The first-order chi connectivity index (χ1) is 8.36. The van der Waals surface area contributed by atoms with Crippen molar-refractivity contribution in [2.75, 3.05) is 12.4 Å². The predicted molar refractivity (Wildman–Crippen MR) is 71.2 cm³/mol. The van der Waals surface area contributed by atoms with Gasteiger partial charge in [-0.15, -0.1) is 0 Å². The number of aryl methyl sites for hydroxylation is 1. The zero-order valence-corrected chi connectivity index (χ0v) is 11.4. The molecule has 0 aromatic heterocycles. The first kappa shape index (κ1) is 13.5. The highest BCUT2D eigenvalue weighted by Gasteiger charge is 2.68. The zero-order chi connectivity index (χ0) is 13.6. The molecule has 0 spiro atoms. The van der Waals surface area contributed by atoms with Gasteiger partial charge in [0.05, 0.1) is 17.4 Å². The second-order valence-corrected chi connectivity index (χ2v) is 7.44. The molecule has 0 bridgehead atoms. The van der Waals surface area contributed by atoms with E-state index in [-0.39, 0.29) is 18.3 Å². The van der Waals surface area contributed by atoms with Crippen LogP contribution in [0.1, 0.15) is 24.0 Å². The van der Waals surface area contributed by atoms with E-state index in [2.05, 4.69) is 0 Å². The van der Waals surface area contributed by atoms with Crippen molar-refractivity contribution >= 4 is 9.84 Å². The molecule has 1 aromatic rings. The molecule has 0 aliphatic heterocycles. The molecule has 18 heavy (non-hydrogen) atoms. The van der Waals surface area contributed by atoms with Gasteiger partial charge in [0.15, 0.2) is 9.84 Å². The van der Waals surface area contributed by atoms with Gasteiger partial charge in [0.1, 0.15) is 0 Å². The van der Waals surface area contributed by atoms with Crippen molar-refractivity contribution in [3.8, 4) is 0 Å². The molecule has 1 saturated carbocycles. The minimum Gasteiger partial charge on any atom is -0.394 e. The molecule has 3 atom stereocenters. The van der Waals surface area contributed by atoms with E-state index in [1.165, 1.54) is 0 Å². The first-order valence-corrected chi connectivity index (χ1v) is 7.76. The SMILES string of the molecule is CCS(=O)(=O)[C@H]1[C@H](c2ccc(C)cc2)[C@@]1(N)CO. The van der Waals surface area contributed by atoms with Gasteiger partial charge in [0, 0.05) is 11.7 Å². The predicted octanol–water partition coefficient (Wildman–Crippen LogP) is 0.585. The van der Waals surface area contributed by atoms with E-state index in [1.54, 1.807) is 6.92 Å². The fourth-order valence-corrected chi connectivity index (χ4v) is 4.59. The van der Waals surface area contributed by atoms with E-state index >= 15 is 0 Å². The number of hydrogen-bond donors (Lipinski definition) is 2. The molecule has 100 valence electrons. The van der Waals surface area contributed by atoms with Crippen LogP contribution in [0.4, 0.5) is 0 Å². The molecule has 2 rings (SSSR count). The van der Waals surface area contributed by atoms with Crippen LogP contribution in [-0.4, -0.2) is 36.7 Å². The van der Waals surface area contributed by atoms with Crippen molar-refractivity contribution < 1.29 is 13.5 Å². The van der Waals surface area contributed by atoms with Gasteiger partial charge in [-0.3, -0.25) is 0 Å². The number of benzene rings is 1. The number of nitrogens with two attached hydrogens (primary N) is 1. The zero-order valence-electron chi connectivity index (χ0n) is 10.6.